The number of hydrogen-bond acceptors (Lipinski definition) is 2. The number of carbonyl (C=O) groups excluding carboxylic acids is 1. The van der Waals surface area contributed by atoms with E-state index in [0.29, 0.717) is 18.1 Å². The van der Waals surface area contributed by atoms with Crippen LogP contribution in [0.3, 0.4) is 0 Å². The van der Waals surface area contributed by atoms with Crippen LogP contribution in [-0.2, 0) is 4.79 Å². The minimum absolute atomic E-state index is 0.225. The van der Waals surface area contributed by atoms with Gasteiger partial charge in [-0.1, -0.05) is 6.92 Å². The zero-order valence-electron chi connectivity index (χ0n) is 11.1. The number of amides is 1. The maximum Gasteiger partial charge on any atom is 0.219 e. The largest absolute Gasteiger partial charge is 0.336 e. The molecular formula is C13H26N2O. The molecule has 1 aliphatic rings. The molecule has 1 N–H and O–H groups in total. The second kappa shape index (κ2) is 6.24. The van der Waals surface area contributed by atoms with Crippen LogP contribution in [0.2, 0.25) is 0 Å². The molecule has 0 saturated carbocycles. The highest BCUT2D eigenvalue weighted by Gasteiger charge is 2.29. The lowest BCUT2D eigenvalue weighted by Gasteiger charge is -2.40. The Kier molecular flexibility index (Phi) is 5.26. The van der Waals surface area contributed by atoms with E-state index in [1.54, 1.807) is 6.92 Å². The van der Waals surface area contributed by atoms with E-state index >= 15 is 0 Å². The van der Waals surface area contributed by atoms with Gasteiger partial charge in [0, 0.05) is 31.6 Å². The van der Waals surface area contributed by atoms with Gasteiger partial charge in [-0.05, 0) is 39.5 Å². The summed E-state index contributed by atoms with van der Waals surface area (Å²) in [6, 6.07) is 1.36. The zero-order valence-corrected chi connectivity index (χ0v) is 11.1. The molecule has 16 heavy (non-hydrogen) atoms. The van der Waals surface area contributed by atoms with Crippen LogP contribution in [0.15, 0.2) is 0 Å². The molecule has 0 aromatic heterocycles. The van der Waals surface area contributed by atoms with Crippen LogP contribution in [0.25, 0.3) is 0 Å². The highest BCUT2D eigenvalue weighted by Crippen LogP contribution is 2.22. The van der Waals surface area contributed by atoms with Crippen molar-refractivity contribution in [1.82, 2.24) is 10.2 Å². The molecule has 1 fully saturated rings. The Morgan fingerprint density at radius 2 is 2.19 bits per heavy atom. The summed E-state index contributed by atoms with van der Waals surface area (Å²) < 4.78 is 0. The van der Waals surface area contributed by atoms with E-state index in [2.05, 4.69) is 31.0 Å². The summed E-state index contributed by atoms with van der Waals surface area (Å²) >= 11 is 0. The Hall–Kier alpha value is -0.570. The van der Waals surface area contributed by atoms with Gasteiger partial charge in [0.2, 0.25) is 5.91 Å². The van der Waals surface area contributed by atoms with Crippen LogP contribution in [0.4, 0.5) is 0 Å². The molecule has 3 heteroatoms. The topological polar surface area (TPSA) is 32.3 Å². The Balaban J connectivity index is 2.51. The summed E-state index contributed by atoms with van der Waals surface area (Å²) in [4.78, 5) is 13.7. The molecule has 3 atom stereocenters. The first-order valence-electron chi connectivity index (χ1n) is 6.58. The molecule has 1 heterocycles. The number of likely N-dealkylation sites (tertiary alicyclic amines) is 1. The Bertz CT molecular complexity index is 230. The monoisotopic (exact) mass is 226 g/mol. The van der Waals surface area contributed by atoms with Crippen molar-refractivity contribution >= 4 is 5.91 Å². The van der Waals surface area contributed by atoms with Gasteiger partial charge >= 0.3 is 0 Å². The van der Waals surface area contributed by atoms with Crippen molar-refractivity contribution in [2.75, 3.05) is 6.54 Å². The fourth-order valence-electron chi connectivity index (χ4n) is 2.54. The standard InChI is InChI=1S/C13H26N2O/c1-5-10(2)14-9-13-8-6-7-11(3)15(13)12(4)16/h10-11,13-14H,5-9H2,1-4H3. The van der Waals surface area contributed by atoms with Crippen molar-refractivity contribution in [3.8, 4) is 0 Å². The Morgan fingerprint density at radius 1 is 1.50 bits per heavy atom. The Morgan fingerprint density at radius 3 is 2.75 bits per heavy atom. The van der Waals surface area contributed by atoms with Gasteiger partial charge in [-0.3, -0.25) is 4.79 Å². The van der Waals surface area contributed by atoms with Gasteiger partial charge < -0.3 is 10.2 Å². The molecule has 1 aliphatic heterocycles. The van der Waals surface area contributed by atoms with Gasteiger partial charge in [0.05, 0.1) is 0 Å². The minimum Gasteiger partial charge on any atom is -0.336 e. The molecular weight excluding hydrogens is 200 g/mol. The summed E-state index contributed by atoms with van der Waals surface area (Å²) in [7, 11) is 0. The van der Waals surface area contributed by atoms with E-state index in [9.17, 15) is 4.79 Å². The van der Waals surface area contributed by atoms with Gasteiger partial charge in [0.1, 0.15) is 0 Å². The summed E-state index contributed by atoms with van der Waals surface area (Å²) in [5.41, 5.74) is 0. The molecule has 0 radical (unpaired) electrons. The zero-order chi connectivity index (χ0) is 12.1. The van der Waals surface area contributed by atoms with E-state index in [4.69, 9.17) is 0 Å². The number of piperidine rings is 1. The molecule has 3 nitrogen and oxygen atoms in total. The third-order valence-electron chi connectivity index (χ3n) is 3.71. The van der Waals surface area contributed by atoms with E-state index in [1.165, 1.54) is 6.42 Å². The molecule has 0 spiro atoms. The van der Waals surface area contributed by atoms with E-state index in [1.807, 2.05) is 0 Å². The van der Waals surface area contributed by atoms with Gasteiger partial charge in [-0.2, -0.15) is 0 Å². The number of nitrogens with zero attached hydrogens (tertiary/aromatic N) is 1. The first-order chi connectivity index (χ1) is 7.56. The highest BCUT2D eigenvalue weighted by molar-refractivity contribution is 5.74. The summed E-state index contributed by atoms with van der Waals surface area (Å²) in [5.74, 6) is 0.225. The maximum absolute atomic E-state index is 11.6. The molecule has 3 unspecified atom stereocenters. The van der Waals surface area contributed by atoms with Crippen molar-refractivity contribution < 1.29 is 4.79 Å². The first kappa shape index (κ1) is 13.5. The van der Waals surface area contributed by atoms with Crippen LogP contribution in [-0.4, -0.2) is 35.5 Å². The van der Waals surface area contributed by atoms with Crippen molar-refractivity contribution in [3.63, 3.8) is 0 Å². The van der Waals surface area contributed by atoms with Crippen LogP contribution in [0, 0.1) is 0 Å². The molecule has 1 rings (SSSR count). The molecule has 0 bridgehead atoms. The van der Waals surface area contributed by atoms with Crippen LogP contribution >= 0.6 is 0 Å². The third kappa shape index (κ3) is 3.48. The first-order valence-corrected chi connectivity index (χ1v) is 6.58. The second-order valence-corrected chi connectivity index (χ2v) is 5.08. The Labute approximate surface area is 99.6 Å². The highest BCUT2D eigenvalue weighted by atomic mass is 16.2. The van der Waals surface area contributed by atoms with E-state index in [-0.39, 0.29) is 5.91 Å². The van der Waals surface area contributed by atoms with Crippen LogP contribution in [0.5, 0.6) is 0 Å². The van der Waals surface area contributed by atoms with Crippen molar-refractivity contribution in [2.45, 2.75) is 71.5 Å². The lowest BCUT2D eigenvalue weighted by atomic mass is 9.96. The average molecular weight is 226 g/mol. The maximum atomic E-state index is 11.6. The van der Waals surface area contributed by atoms with Gasteiger partial charge in [-0.15, -0.1) is 0 Å². The minimum atomic E-state index is 0.225. The van der Waals surface area contributed by atoms with E-state index < -0.39 is 0 Å². The summed E-state index contributed by atoms with van der Waals surface area (Å²) in [5, 5.41) is 3.51. The SMILES string of the molecule is CCC(C)NCC1CCCC(C)N1C(C)=O. The predicted molar refractivity (Wildman–Crippen MR) is 67.4 cm³/mol. The van der Waals surface area contributed by atoms with Crippen molar-refractivity contribution in [3.05, 3.63) is 0 Å². The van der Waals surface area contributed by atoms with Crippen LogP contribution < -0.4 is 5.32 Å². The second-order valence-electron chi connectivity index (χ2n) is 5.08. The number of hydrogen-bond donors (Lipinski definition) is 1. The lowest BCUT2D eigenvalue weighted by molar-refractivity contribution is -0.135. The molecule has 1 saturated heterocycles. The molecule has 0 aliphatic carbocycles. The van der Waals surface area contributed by atoms with Gasteiger partial charge in [0.15, 0.2) is 0 Å². The molecule has 1 amide bonds. The lowest BCUT2D eigenvalue weighted by Crippen LogP contribution is -2.52. The number of nitrogens with one attached hydrogen (secondary N) is 1. The van der Waals surface area contributed by atoms with E-state index in [0.717, 1.165) is 25.8 Å². The van der Waals surface area contributed by atoms with Crippen molar-refractivity contribution in [2.24, 2.45) is 0 Å². The van der Waals surface area contributed by atoms with Crippen LogP contribution in [0.1, 0.15) is 53.4 Å². The molecule has 94 valence electrons. The third-order valence-corrected chi connectivity index (χ3v) is 3.71. The molecule has 0 aromatic rings. The number of rotatable bonds is 4. The fraction of sp³-hybridized carbons (Fsp3) is 0.923. The van der Waals surface area contributed by atoms with Gasteiger partial charge in [0.25, 0.3) is 0 Å². The summed E-state index contributed by atoms with van der Waals surface area (Å²) in [6.45, 7) is 9.18. The normalized spacial score (nSPS) is 27.9. The average Bonchev–Trinajstić information content (AvgIpc) is 2.25. The predicted octanol–water partition coefficient (Wildman–Crippen LogP) is 2.16. The van der Waals surface area contributed by atoms with Crippen molar-refractivity contribution in [1.29, 1.82) is 0 Å². The number of carbonyl (C=O) groups is 1. The smallest absolute Gasteiger partial charge is 0.219 e. The fourth-order valence-corrected chi connectivity index (χ4v) is 2.54. The quantitative estimate of drug-likeness (QED) is 0.796. The summed E-state index contributed by atoms with van der Waals surface area (Å²) in [6.07, 6.45) is 4.69. The van der Waals surface area contributed by atoms with Gasteiger partial charge in [-0.25, -0.2) is 0 Å². The molecule has 0 aromatic carbocycles.